The van der Waals surface area contributed by atoms with Crippen LogP contribution in [0.4, 0.5) is 0 Å². The molecule has 0 rings (SSSR count). The first-order valence-electron chi connectivity index (χ1n) is 5.31. The monoisotopic (exact) mass is 229 g/mol. The van der Waals surface area contributed by atoms with Gasteiger partial charge in [-0.3, -0.25) is 0 Å². The van der Waals surface area contributed by atoms with E-state index >= 15 is 0 Å². The van der Waals surface area contributed by atoms with Gasteiger partial charge in [0.1, 0.15) is 0 Å². The van der Waals surface area contributed by atoms with Crippen LogP contribution in [0.3, 0.4) is 0 Å². The molecule has 2 N–H and O–H groups in total. The molecule has 0 amide bonds. The van der Waals surface area contributed by atoms with E-state index in [9.17, 15) is 0 Å². The Balaban J connectivity index is -0.000000147. The van der Waals surface area contributed by atoms with Crippen molar-refractivity contribution in [2.45, 2.75) is 27.7 Å². The number of aliphatic hydroxyl groups excluding tert-OH is 2. The number of rotatable bonds is 3. The third kappa shape index (κ3) is 65.2. The predicted molar refractivity (Wildman–Crippen MR) is 69.7 cm³/mol. The summed E-state index contributed by atoms with van der Waals surface area (Å²) in [4.78, 5) is 0. The number of thiol groups is 1. The van der Waals surface area contributed by atoms with Crippen LogP contribution in [0.15, 0.2) is 0 Å². The first-order valence-corrected chi connectivity index (χ1v) is 5.51. The second-order valence-corrected chi connectivity index (χ2v) is 4.48. The Bertz CT molecular complexity index is 108. The van der Waals surface area contributed by atoms with E-state index in [1.54, 1.807) is 0 Å². The lowest BCUT2D eigenvalue weighted by Crippen LogP contribution is -1.90. The van der Waals surface area contributed by atoms with Gasteiger partial charge in [-0.2, -0.15) is 9.12 Å². The Hall–Kier alpha value is 0.765. The zero-order chi connectivity index (χ0) is 12.9. The normalized spacial score (nSPS) is 10.5. The number of hydrogen-bond acceptors (Lipinski definition) is 3. The van der Waals surface area contributed by atoms with Crippen LogP contribution in [0.25, 0.3) is 0 Å². The molecule has 1 unspecified atom stereocenters. The van der Waals surface area contributed by atoms with Gasteiger partial charge in [0.2, 0.25) is 7.67 Å². The van der Waals surface area contributed by atoms with Crippen LogP contribution in [0.5, 0.6) is 0 Å². The highest BCUT2D eigenvalue weighted by atomic mass is 32.1. The van der Waals surface area contributed by atoms with E-state index < -0.39 is 0 Å². The van der Waals surface area contributed by atoms with E-state index in [1.807, 2.05) is 27.7 Å². The molecule has 0 bridgehead atoms. The van der Waals surface area contributed by atoms with Crippen molar-refractivity contribution in [2.75, 3.05) is 13.2 Å². The standard InChI is InChI=1S/2C4H10O.BH4PS/c2*1-4(2)3-5;2-1-3/h2*4-5H,3H2,1-2H3;1,3H,2H2/i5T;;1D. The average molecular weight is 229 g/mol. The average Bonchev–Trinajstić information content (AvgIpc) is 2.03. The van der Waals surface area contributed by atoms with Crippen LogP contribution in [0, 0.1) is 11.8 Å². The molecule has 0 radical (unpaired) electrons. The molecule has 13 heavy (non-hydrogen) atoms. The highest BCUT2D eigenvalue weighted by Gasteiger charge is 1.82. The summed E-state index contributed by atoms with van der Waals surface area (Å²) in [6, 6.07) is 0. The topological polar surface area (TPSA) is 40.5 Å². The highest BCUT2D eigenvalue weighted by Crippen LogP contribution is 1.83. The zero-order valence-corrected chi connectivity index (χ0v) is 11.1. The largest absolute Gasteiger partial charge is 0.396 e. The molecule has 0 aromatic rings. The third-order valence-electron chi connectivity index (χ3n) is 0.698. The van der Waals surface area contributed by atoms with Gasteiger partial charge in [0, 0.05) is 13.2 Å². The van der Waals surface area contributed by atoms with Crippen molar-refractivity contribution >= 4 is 27.8 Å². The second kappa shape index (κ2) is 18.5. The van der Waals surface area contributed by atoms with Gasteiger partial charge in [-0.15, -0.1) is 0 Å². The van der Waals surface area contributed by atoms with Gasteiger partial charge in [-0.1, -0.05) is 27.7 Å². The summed E-state index contributed by atoms with van der Waals surface area (Å²) in [6.45, 7) is 8.81. The molecule has 2 nitrogen and oxygen atoms in total. The molecule has 5 heteroatoms. The quantitative estimate of drug-likeness (QED) is 0.388. The van der Waals surface area contributed by atoms with E-state index in [-0.39, 0.29) is 6.24 Å². The van der Waals surface area contributed by atoms with Crippen LogP contribution in [-0.2, 0) is 0 Å². The van der Waals surface area contributed by atoms with Crippen molar-refractivity contribution in [3.63, 3.8) is 0 Å². The minimum atomic E-state index is -0.306. The van der Waals surface area contributed by atoms with Crippen LogP contribution >= 0.6 is 21.6 Å². The lowest BCUT2D eigenvalue weighted by atomic mass is 10.2. The van der Waals surface area contributed by atoms with Crippen LogP contribution < -0.4 is 0 Å². The number of hydrogen-bond donors (Lipinski definition) is 3. The first-order chi connectivity index (χ1) is 6.77. The maximum Gasteiger partial charge on any atom is 0.210 e. The summed E-state index contributed by atoms with van der Waals surface area (Å²) < 4.78 is 12.6. The molecule has 82 valence electrons. The summed E-state index contributed by atoms with van der Waals surface area (Å²) in [5, 5.41) is 12.2. The maximum absolute atomic E-state index is 8.14. The zero-order valence-electron chi connectivity index (χ0n) is 11.0. The summed E-state index contributed by atoms with van der Waals surface area (Å²) >= 11 is 3.60. The van der Waals surface area contributed by atoms with Crippen LogP contribution in [0.1, 0.15) is 27.7 Å². The van der Waals surface area contributed by atoms with E-state index in [4.69, 9.17) is 7.87 Å². The van der Waals surface area contributed by atoms with E-state index in [1.165, 1.54) is 0 Å². The number of aliphatic hydroxyl groups is 2. The SMILES string of the molecule is CC(C)CO.[2H]B(P)S.[3H]OCC(C)C. The van der Waals surface area contributed by atoms with Crippen molar-refractivity contribution in [1.29, 1.82) is 2.77 Å². The lowest BCUT2D eigenvalue weighted by molar-refractivity contribution is 0.248. The molecular formula is C8H24BO2PS. The summed E-state index contributed by atoms with van der Waals surface area (Å²) in [7, 11) is 2.19. The fourth-order valence-corrected chi connectivity index (χ4v) is 0. The minimum absolute atomic E-state index is 0.306. The van der Waals surface area contributed by atoms with Crippen LogP contribution in [-0.4, -0.2) is 32.4 Å². The molecule has 0 heterocycles. The molecule has 0 saturated carbocycles. The van der Waals surface area contributed by atoms with Crippen molar-refractivity contribution in [1.82, 2.24) is 0 Å². The summed E-state index contributed by atoms with van der Waals surface area (Å²) in [6.07, 6.45) is -0.306. The lowest BCUT2D eigenvalue weighted by Gasteiger charge is -1.90. The molecule has 0 fully saturated rings. The molecule has 0 aliphatic carbocycles. The Kier molecular flexibility index (Phi) is 19.6. The molecular weight excluding hydrogens is 202 g/mol. The van der Waals surface area contributed by atoms with Gasteiger partial charge in [0.25, 0.3) is 0 Å². The molecule has 1 atom stereocenters. The molecule has 0 aromatic carbocycles. The van der Waals surface area contributed by atoms with Gasteiger partial charge in [0.15, 0.2) is 0 Å². The Morgan fingerprint density at radius 2 is 1.69 bits per heavy atom. The third-order valence-corrected chi connectivity index (χ3v) is 0.698. The Morgan fingerprint density at radius 1 is 1.46 bits per heavy atom. The van der Waals surface area contributed by atoms with Gasteiger partial charge in [-0.25, -0.2) is 12.5 Å². The molecule has 0 saturated heterocycles. The fourth-order valence-electron chi connectivity index (χ4n) is 0. The van der Waals surface area contributed by atoms with E-state index in [0.29, 0.717) is 25.0 Å². The van der Waals surface area contributed by atoms with E-state index in [0.717, 1.165) is 0 Å². The smallest absolute Gasteiger partial charge is 0.210 e. The van der Waals surface area contributed by atoms with E-state index in [2.05, 4.69) is 26.7 Å². The van der Waals surface area contributed by atoms with Crippen molar-refractivity contribution in [3.8, 4) is 0 Å². The van der Waals surface area contributed by atoms with Crippen molar-refractivity contribution < 1.29 is 10.2 Å². The molecule has 0 spiro atoms. The van der Waals surface area contributed by atoms with Crippen molar-refractivity contribution in [2.24, 2.45) is 11.8 Å². The second-order valence-electron chi connectivity index (χ2n) is 3.29. The Morgan fingerprint density at radius 3 is 1.69 bits per heavy atom. The Labute approximate surface area is 94.1 Å². The fraction of sp³-hybridized carbons (Fsp3) is 1.00. The van der Waals surface area contributed by atoms with Crippen LogP contribution in [0.2, 0.25) is 0 Å². The maximum atomic E-state index is 8.14. The predicted octanol–water partition coefficient (Wildman–Crippen LogP) is 1.33. The summed E-state index contributed by atoms with van der Waals surface area (Å²) in [5.74, 6) is 0.928. The molecule has 0 aromatic heterocycles. The van der Waals surface area contributed by atoms with Gasteiger partial charge < -0.3 is 10.2 Å². The summed E-state index contributed by atoms with van der Waals surface area (Å²) in [5.41, 5.74) is 0. The first kappa shape index (κ1) is 13.8. The van der Waals surface area contributed by atoms with Crippen molar-refractivity contribution in [3.05, 3.63) is 0 Å². The molecule has 0 aliphatic heterocycles. The van der Waals surface area contributed by atoms with Gasteiger partial charge >= 0.3 is 0 Å². The highest BCUT2D eigenvalue weighted by molar-refractivity contribution is 8.20. The van der Waals surface area contributed by atoms with Gasteiger partial charge in [-0.05, 0) is 13.2 Å². The van der Waals surface area contributed by atoms with Gasteiger partial charge in [0.05, 0.1) is 0 Å². The minimum Gasteiger partial charge on any atom is -0.396 e. The molecule has 0 aliphatic rings.